The van der Waals surface area contributed by atoms with Crippen molar-refractivity contribution in [3.05, 3.63) is 34.2 Å². The molecule has 0 unspecified atom stereocenters. The number of aryl methyl sites for hydroxylation is 1. The molecule has 1 spiro atoms. The summed E-state index contributed by atoms with van der Waals surface area (Å²) in [5.41, 5.74) is 2.81. The highest BCUT2D eigenvalue weighted by molar-refractivity contribution is 9.10. The smallest absolute Gasteiger partial charge is 0.129 e. The fourth-order valence-corrected chi connectivity index (χ4v) is 3.36. The number of hydrogen-bond acceptors (Lipinski definition) is 4. The summed E-state index contributed by atoms with van der Waals surface area (Å²) >= 11 is 3.59. The Morgan fingerprint density at radius 1 is 1.29 bits per heavy atom. The van der Waals surface area contributed by atoms with Crippen LogP contribution in [0, 0.1) is 5.41 Å². The first-order valence-electron chi connectivity index (χ1n) is 7.47. The van der Waals surface area contributed by atoms with E-state index in [1.54, 1.807) is 0 Å². The van der Waals surface area contributed by atoms with Gasteiger partial charge in [-0.25, -0.2) is 9.67 Å². The molecule has 1 aliphatic carbocycles. The quantitative estimate of drug-likeness (QED) is 0.797. The van der Waals surface area contributed by atoms with Gasteiger partial charge in [-0.15, -0.1) is 5.10 Å². The van der Waals surface area contributed by atoms with E-state index in [0.717, 1.165) is 28.1 Å². The summed E-state index contributed by atoms with van der Waals surface area (Å²) in [7, 11) is 0. The monoisotopic (exact) mass is 347 g/mol. The minimum atomic E-state index is 0.657. The van der Waals surface area contributed by atoms with E-state index in [1.807, 2.05) is 10.9 Å². The van der Waals surface area contributed by atoms with Crippen molar-refractivity contribution in [2.75, 3.05) is 18.0 Å². The maximum absolute atomic E-state index is 4.69. The van der Waals surface area contributed by atoms with Crippen LogP contribution in [0.2, 0.25) is 0 Å². The molecule has 0 radical (unpaired) electrons. The number of pyridine rings is 1. The molecule has 6 heteroatoms. The van der Waals surface area contributed by atoms with Crippen LogP contribution in [-0.4, -0.2) is 33.1 Å². The lowest BCUT2D eigenvalue weighted by molar-refractivity contribution is 0.384. The van der Waals surface area contributed by atoms with Crippen LogP contribution >= 0.6 is 15.9 Å². The van der Waals surface area contributed by atoms with Crippen LogP contribution in [0.25, 0.3) is 0 Å². The summed E-state index contributed by atoms with van der Waals surface area (Å²) in [6.07, 6.45) is 5.70. The SMILES string of the molecule is CCc1cn(Cc2ccc(N3CC4(CC4)C3)nc2Br)nn1. The zero-order valence-electron chi connectivity index (χ0n) is 12.1. The standard InChI is InChI=1S/C15H18BrN5/c1-2-12-8-21(19-18-12)7-11-3-4-13(17-14(11)16)20-9-15(10-20)5-6-15/h3-4,8H,2,5-7,9-10H2,1H3. The largest absolute Gasteiger partial charge is 0.355 e. The molecule has 3 heterocycles. The third-order valence-electron chi connectivity index (χ3n) is 4.53. The fourth-order valence-electron chi connectivity index (χ4n) is 2.92. The molecule has 110 valence electrons. The first-order chi connectivity index (χ1) is 10.2. The average Bonchev–Trinajstić information content (AvgIpc) is 3.13. The van der Waals surface area contributed by atoms with E-state index in [-0.39, 0.29) is 0 Å². The van der Waals surface area contributed by atoms with Gasteiger partial charge in [0.2, 0.25) is 0 Å². The van der Waals surface area contributed by atoms with Crippen molar-refractivity contribution in [1.29, 1.82) is 0 Å². The van der Waals surface area contributed by atoms with Gasteiger partial charge in [0.05, 0.1) is 12.2 Å². The first kappa shape index (κ1) is 13.2. The van der Waals surface area contributed by atoms with Gasteiger partial charge in [-0.2, -0.15) is 0 Å². The molecular weight excluding hydrogens is 330 g/mol. The van der Waals surface area contributed by atoms with Crippen LogP contribution in [0.5, 0.6) is 0 Å². The van der Waals surface area contributed by atoms with Gasteiger partial charge in [0.1, 0.15) is 10.4 Å². The molecule has 0 N–H and O–H groups in total. The molecule has 2 fully saturated rings. The Morgan fingerprint density at radius 3 is 2.71 bits per heavy atom. The highest BCUT2D eigenvalue weighted by atomic mass is 79.9. The zero-order valence-corrected chi connectivity index (χ0v) is 13.7. The molecule has 21 heavy (non-hydrogen) atoms. The van der Waals surface area contributed by atoms with Crippen LogP contribution in [0.15, 0.2) is 22.9 Å². The summed E-state index contributed by atoms with van der Waals surface area (Å²) in [6, 6.07) is 4.25. The lowest BCUT2D eigenvalue weighted by Crippen LogP contribution is -2.48. The van der Waals surface area contributed by atoms with Gasteiger partial charge < -0.3 is 4.90 Å². The minimum Gasteiger partial charge on any atom is -0.355 e. The molecule has 0 bridgehead atoms. The molecule has 1 saturated heterocycles. The van der Waals surface area contributed by atoms with E-state index in [0.29, 0.717) is 12.0 Å². The van der Waals surface area contributed by atoms with Crippen molar-refractivity contribution in [2.45, 2.75) is 32.7 Å². The third-order valence-corrected chi connectivity index (χ3v) is 5.21. The van der Waals surface area contributed by atoms with E-state index in [9.17, 15) is 0 Å². The Morgan fingerprint density at radius 2 is 2.10 bits per heavy atom. The number of hydrogen-bond donors (Lipinski definition) is 0. The molecular formula is C15H18BrN5. The van der Waals surface area contributed by atoms with Crippen LogP contribution in [0.1, 0.15) is 31.0 Å². The molecule has 1 saturated carbocycles. The van der Waals surface area contributed by atoms with Gasteiger partial charge in [0, 0.05) is 30.3 Å². The third kappa shape index (κ3) is 2.46. The predicted octanol–water partition coefficient (Wildman–Crippen LogP) is 2.65. The van der Waals surface area contributed by atoms with Gasteiger partial charge >= 0.3 is 0 Å². The number of aromatic nitrogens is 4. The summed E-state index contributed by atoms with van der Waals surface area (Å²) in [4.78, 5) is 7.06. The van der Waals surface area contributed by atoms with Crippen molar-refractivity contribution >= 4 is 21.7 Å². The topological polar surface area (TPSA) is 46.8 Å². The molecule has 0 atom stereocenters. The van der Waals surface area contributed by atoms with Gasteiger partial charge in [-0.05, 0) is 41.3 Å². The van der Waals surface area contributed by atoms with Crippen molar-refractivity contribution in [3.63, 3.8) is 0 Å². The second-order valence-corrected chi connectivity index (χ2v) is 6.99. The molecule has 4 rings (SSSR count). The van der Waals surface area contributed by atoms with Gasteiger partial charge in [-0.1, -0.05) is 18.2 Å². The summed E-state index contributed by atoms with van der Waals surface area (Å²) in [6.45, 7) is 5.13. The second-order valence-electron chi connectivity index (χ2n) is 6.24. The number of anilines is 1. The number of nitrogens with zero attached hydrogens (tertiary/aromatic N) is 5. The van der Waals surface area contributed by atoms with E-state index >= 15 is 0 Å². The van der Waals surface area contributed by atoms with E-state index in [1.165, 1.54) is 25.9 Å². The molecule has 0 amide bonds. The van der Waals surface area contributed by atoms with E-state index in [2.05, 4.69) is 50.2 Å². The van der Waals surface area contributed by atoms with Crippen molar-refractivity contribution in [1.82, 2.24) is 20.0 Å². The average molecular weight is 348 g/mol. The molecule has 5 nitrogen and oxygen atoms in total. The normalized spacial score (nSPS) is 18.9. The predicted molar refractivity (Wildman–Crippen MR) is 84.3 cm³/mol. The Hall–Kier alpha value is -1.43. The second kappa shape index (κ2) is 4.80. The van der Waals surface area contributed by atoms with Gasteiger partial charge in [0.15, 0.2) is 0 Å². The van der Waals surface area contributed by atoms with Crippen LogP contribution in [0.3, 0.4) is 0 Å². The summed E-state index contributed by atoms with van der Waals surface area (Å²) in [5, 5.41) is 8.26. The van der Waals surface area contributed by atoms with Crippen LogP contribution < -0.4 is 4.90 Å². The Kier molecular flexibility index (Phi) is 3.03. The number of rotatable bonds is 4. The Labute approximate surface area is 132 Å². The minimum absolute atomic E-state index is 0.657. The van der Waals surface area contributed by atoms with Gasteiger partial charge in [-0.3, -0.25) is 0 Å². The van der Waals surface area contributed by atoms with E-state index < -0.39 is 0 Å². The Bertz CT molecular complexity index is 668. The summed E-state index contributed by atoms with van der Waals surface area (Å²) < 4.78 is 2.77. The highest BCUT2D eigenvalue weighted by Crippen LogP contribution is 2.53. The number of halogens is 1. The van der Waals surface area contributed by atoms with E-state index in [4.69, 9.17) is 4.98 Å². The maximum atomic E-state index is 4.69. The van der Waals surface area contributed by atoms with Crippen molar-refractivity contribution in [3.8, 4) is 0 Å². The first-order valence-corrected chi connectivity index (χ1v) is 8.26. The van der Waals surface area contributed by atoms with Crippen LogP contribution in [-0.2, 0) is 13.0 Å². The van der Waals surface area contributed by atoms with Crippen molar-refractivity contribution in [2.24, 2.45) is 5.41 Å². The van der Waals surface area contributed by atoms with Crippen molar-refractivity contribution < 1.29 is 0 Å². The lowest BCUT2D eigenvalue weighted by atomic mass is 9.97. The fraction of sp³-hybridized carbons (Fsp3) is 0.533. The molecule has 2 aromatic heterocycles. The molecule has 2 aliphatic rings. The van der Waals surface area contributed by atoms with Gasteiger partial charge in [0.25, 0.3) is 0 Å². The molecule has 2 aromatic rings. The summed E-state index contributed by atoms with van der Waals surface area (Å²) in [5.74, 6) is 1.08. The lowest BCUT2D eigenvalue weighted by Gasteiger charge is -2.41. The van der Waals surface area contributed by atoms with Crippen LogP contribution in [0.4, 0.5) is 5.82 Å². The highest BCUT2D eigenvalue weighted by Gasteiger charge is 2.52. The molecule has 1 aliphatic heterocycles. The zero-order chi connectivity index (χ0) is 14.4. The maximum Gasteiger partial charge on any atom is 0.129 e. The molecule has 0 aromatic carbocycles. The Balaban J connectivity index is 1.48.